The van der Waals surface area contributed by atoms with E-state index in [0.29, 0.717) is 0 Å². The summed E-state index contributed by atoms with van der Waals surface area (Å²) in [6.07, 6.45) is 0. The Labute approximate surface area is 398 Å². The quantitative estimate of drug-likeness (QED) is 0.144. The highest BCUT2D eigenvalue weighted by Gasteiger charge is 2.66. The van der Waals surface area contributed by atoms with E-state index in [1.54, 1.807) is 324 Å². The highest BCUT2D eigenvalue weighted by molar-refractivity contribution is 6.82. The van der Waals surface area contributed by atoms with Crippen LogP contribution < -0.4 is 0 Å². The third-order valence-corrected chi connectivity index (χ3v) is 26.5. The van der Waals surface area contributed by atoms with Crippen LogP contribution in [0.15, 0.2) is 48.5 Å². The van der Waals surface area contributed by atoms with Crippen LogP contribution in [0.2, 0.25) is 0 Å². The van der Waals surface area contributed by atoms with Crippen molar-refractivity contribution in [3.05, 3.63) is 81.9 Å². The van der Waals surface area contributed by atoms with Gasteiger partial charge in [-0.2, -0.15) is 0 Å². The smallest absolute Gasteiger partial charge is 0.0447 e. The topological polar surface area (TPSA) is 0 Å². The average Bonchev–Trinajstić information content (AvgIpc) is 4.43. The monoisotopic (exact) mass is 886 g/mol. The minimum Gasteiger partial charge on any atom is -0.0619 e. The van der Waals surface area contributed by atoms with Crippen LogP contribution >= 0.6 is 0 Å². The summed E-state index contributed by atoms with van der Waals surface area (Å²) >= 11 is 0. The van der Waals surface area contributed by atoms with E-state index in [4.69, 9.17) is 0 Å². The summed E-state index contributed by atoms with van der Waals surface area (Å²) in [4.78, 5) is 0. The predicted molar refractivity (Wildman–Crippen MR) is 309 cm³/mol. The van der Waals surface area contributed by atoms with Crippen LogP contribution in [0.25, 0.3) is 302 Å². The molecule has 0 saturated carbocycles. The molecule has 0 radical (unpaired) electrons. The van der Waals surface area contributed by atoms with Crippen molar-refractivity contribution in [2.75, 3.05) is 0 Å². The zero-order chi connectivity index (χ0) is 43.1. The molecule has 0 bridgehead atoms. The lowest BCUT2D eigenvalue weighted by atomic mass is 9.51. The van der Waals surface area contributed by atoms with Crippen LogP contribution in [0.4, 0.5) is 0 Å². The Kier molecular flexibility index (Phi) is 2.29. The van der Waals surface area contributed by atoms with Crippen molar-refractivity contribution in [1.82, 2.24) is 0 Å². The number of rotatable bonds is 1. The molecule has 30 aromatic rings. The molecule has 0 aromatic heterocycles. The van der Waals surface area contributed by atoms with Gasteiger partial charge >= 0.3 is 0 Å². The summed E-state index contributed by atoms with van der Waals surface area (Å²) in [6.45, 7) is 0. The fourth-order valence-corrected chi connectivity index (χ4v) is 26.3. The molecule has 0 amide bonds. The first-order valence-electron chi connectivity index (χ1n) is 27.4. The largest absolute Gasteiger partial charge is 0.0619 e. The maximum absolute atomic E-state index is 2.60. The van der Waals surface area contributed by atoms with E-state index in [1.807, 2.05) is 0 Å². The molecule has 0 N–H and O–H groups in total. The molecular formula is C73H10. The van der Waals surface area contributed by atoms with Gasteiger partial charge in [-0.1, -0.05) is 48.5 Å². The molecule has 302 valence electrons. The second-order valence-electron chi connectivity index (χ2n) is 26.7. The average molecular weight is 887 g/mol. The number of benzene rings is 20. The van der Waals surface area contributed by atoms with Gasteiger partial charge in [-0.3, -0.25) is 0 Å². The molecule has 0 fully saturated rings. The Morgan fingerprint density at radius 3 is 0.603 bits per heavy atom. The van der Waals surface area contributed by atoms with Crippen molar-refractivity contribution in [3.63, 3.8) is 0 Å². The van der Waals surface area contributed by atoms with E-state index in [1.165, 1.54) is 11.1 Å². The molecular weight excluding hydrogens is 877 g/mol. The Balaban J connectivity index is 1.13. The minimum atomic E-state index is -0.325. The second-order valence-corrected chi connectivity index (χ2v) is 26.7. The molecule has 35 rings (SSSR count). The van der Waals surface area contributed by atoms with E-state index in [0.717, 1.165) is 0 Å². The third kappa shape index (κ3) is 1.48. The molecule has 5 aliphatic carbocycles. The van der Waals surface area contributed by atoms with Crippen LogP contribution in [0.5, 0.6) is 0 Å². The van der Waals surface area contributed by atoms with Crippen molar-refractivity contribution >= 4 is 291 Å². The molecule has 0 spiro atoms. The predicted octanol–water partition coefficient (Wildman–Crippen LogP) is 20.0. The van der Waals surface area contributed by atoms with E-state index >= 15 is 0 Å². The van der Waals surface area contributed by atoms with Crippen molar-refractivity contribution in [3.8, 4) is 11.1 Å². The van der Waals surface area contributed by atoms with Gasteiger partial charge in [-0.25, -0.2) is 0 Å². The summed E-state index contributed by atoms with van der Waals surface area (Å²) in [5, 5.41) is 90.3. The van der Waals surface area contributed by atoms with Gasteiger partial charge in [0.25, 0.3) is 0 Å². The molecule has 73 heavy (non-hydrogen) atoms. The summed E-state index contributed by atoms with van der Waals surface area (Å²) in [6, 6.07) is 19.7. The lowest BCUT2D eigenvalue weighted by Crippen LogP contribution is -2.42. The molecule has 0 atom stereocenters. The third-order valence-electron chi connectivity index (χ3n) is 26.5. The second kappa shape index (κ2) is 6.22. The van der Waals surface area contributed by atoms with Crippen molar-refractivity contribution in [2.24, 2.45) is 0 Å². The lowest BCUT2D eigenvalue weighted by molar-refractivity contribution is 0.426. The number of hydrogen-bond acceptors (Lipinski definition) is 0. The van der Waals surface area contributed by atoms with Gasteiger partial charge in [0.05, 0.1) is 0 Å². The van der Waals surface area contributed by atoms with Gasteiger partial charge in [0.2, 0.25) is 0 Å². The van der Waals surface area contributed by atoms with Crippen molar-refractivity contribution in [1.29, 1.82) is 0 Å². The van der Waals surface area contributed by atoms with Crippen molar-refractivity contribution in [2.45, 2.75) is 17.3 Å². The van der Waals surface area contributed by atoms with Crippen LogP contribution in [-0.4, -0.2) is 0 Å². The van der Waals surface area contributed by atoms with Gasteiger partial charge in [0.15, 0.2) is 0 Å². The van der Waals surface area contributed by atoms with Crippen LogP contribution in [-0.2, 0) is 5.41 Å². The molecule has 0 aliphatic heterocycles. The first-order valence-corrected chi connectivity index (χ1v) is 27.4. The normalized spacial score (nSPS) is 21.0. The van der Waals surface area contributed by atoms with Gasteiger partial charge in [-0.05, 0) is 335 Å². The maximum Gasteiger partial charge on any atom is 0.0447 e. The summed E-state index contributed by atoms with van der Waals surface area (Å²) in [7, 11) is 0. The van der Waals surface area contributed by atoms with Gasteiger partial charge in [-0.15, -0.1) is 0 Å². The van der Waals surface area contributed by atoms with Crippen LogP contribution in [0.3, 0.4) is 0 Å². The van der Waals surface area contributed by atoms with Crippen LogP contribution in [0, 0.1) is 0 Å². The zero-order valence-corrected chi connectivity index (χ0v) is 37.3. The fraction of sp³-hybridized carbons (Fsp3) is 0.0411. The SMILES string of the molecule is c1ccc2c(c1)-c1ccccc1C2C12c3c4c5c6c7c8c(c9c%10c1c1c3c3c%11c4c4c5c5c7c7c%12c8c8c9c9c%10c%10c1c1c3c3c%11c%11c4c4c5c7c5c7c%12c8c8c9c9c%10c1c1c3c3c%11c4c5c4c7c8c9c1c34)C62. The van der Waals surface area contributed by atoms with Gasteiger partial charge < -0.3 is 0 Å². The molecule has 0 nitrogen and oxygen atoms in total. The van der Waals surface area contributed by atoms with E-state index in [2.05, 4.69) is 48.5 Å². The highest BCUT2D eigenvalue weighted by Crippen LogP contribution is 2.85. The molecule has 5 aliphatic rings. The zero-order valence-electron chi connectivity index (χ0n) is 37.3. The van der Waals surface area contributed by atoms with Crippen LogP contribution in [0.1, 0.15) is 45.2 Å². The Morgan fingerprint density at radius 1 is 0.178 bits per heavy atom. The molecule has 30 aromatic carbocycles. The van der Waals surface area contributed by atoms with Gasteiger partial charge in [0.1, 0.15) is 0 Å². The number of fused-ring (bicyclic) bond motifs is 3. The first-order chi connectivity index (χ1) is 36.5. The first kappa shape index (κ1) is 26.9. The maximum atomic E-state index is 2.60. The van der Waals surface area contributed by atoms with Crippen molar-refractivity contribution < 1.29 is 0 Å². The molecule has 0 unspecified atom stereocenters. The van der Waals surface area contributed by atoms with E-state index < -0.39 is 0 Å². The Morgan fingerprint density at radius 2 is 0.356 bits per heavy atom. The number of hydrogen-bond donors (Lipinski definition) is 0. The summed E-state index contributed by atoms with van der Waals surface area (Å²) in [5.41, 5.74) is 12.8. The lowest BCUT2D eigenvalue weighted by Gasteiger charge is -2.49. The molecule has 0 heteroatoms. The fourth-order valence-electron chi connectivity index (χ4n) is 26.3. The Bertz CT molecular complexity index is 7480. The highest BCUT2D eigenvalue weighted by atomic mass is 14.7. The van der Waals surface area contributed by atoms with E-state index in [-0.39, 0.29) is 17.3 Å². The summed E-state index contributed by atoms with van der Waals surface area (Å²) < 4.78 is 0. The standard InChI is InChI=1S/C73H10/c1-3-7-11-9(5-1)10-6-2-4-8-12(10)69(11)73-70-65-59-45-37-29-17-14-13-15-18(17)30-32-28-22(15)24-20-16(13)19-23-21(14)27-31(29)43(45)51-49-35(27)33(23)41-39-25(19)26(20)40-42-34(24)36(28)50-52-44(32)46(38(30)37)60(59)66(70)62(52)64-56(50)54(42)58-48(40)47(39)57-53(41)55(49)63(61(51)65)71(73)67(57)68(58)72(64)73/h1-8,69-70H. The Hall–Kier alpha value is -9.10. The molecule has 0 saturated heterocycles. The minimum absolute atomic E-state index is 0.181. The summed E-state index contributed by atoms with van der Waals surface area (Å²) in [5.74, 6) is 0.406. The van der Waals surface area contributed by atoms with E-state index in [9.17, 15) is 0 Å². The van der Waals surface area contributed by atoms with Gasteiger partial charge in [0, 0.05) is 17.3 Å². The molecule has 0 heterocycles.